The average molecular weight is 256 g/mol. The molecule has 0 aromatic rings. The third-order valence-corrected chi connectivity index (χ3v) is 3.67. The molecule has 5 nitrogen and oxygen atoms in total. The van der Waals surface area contributed by atoms with E-state index in [1.165, 1.54) is 13.8 Å². The highest BCUT2D eigenvalue weighted by atomic mass is 16.4. The van der Waals surface area contributed by atoms with Gasteiger partial charge in [-0.05, 0) is 39.0 Å². The van der Waals surface area contributed by atoms with Crippen molar-refractivity contribution in [3.8, 4) is 0 Å². The lowest BCUT2D eigenvalue weighted by molar-refractivity contribution is -0.143. The van der Waals surface area contributed by atoms with Crippen LogP contribution in [-0.4, -0.2) is 40.6 Å². The van der Waals surface area contributed by atoms with Gasteiger partial charge >= 0.3 is 12.0 Å². The van der Waals surface area contributed by atoms with E-state index in [0.29, 0.717) is 5.92 Å². The molecule has 104 valence electrons. The zero-order valence-electron chi connectivity index (χ0n) is 11.5. The summed E-state index contributed by atoms with van der Waals surface area (Å²) in [6.45, 7) is 6.62. The summed E-state index contributed by atoms with van der Waals surface area (Å²) >= 11 is 0. The fraction of sp³-hybridized carbons (Fsp3) is 0.846. The van der Waals surface area contributed by atoms with Crippen molar-refractivity contribution < 1.29 is 14.7 Å². The van der Waals surface area contributed by atoms with E-state index in [0.717, 1.165) is 38.8 Å². The Morgan fingerprint density at radius 1 is 1.33 bits per heavy atom. The standard InChI is InChI=1S/C13H24N2O3/c1-4-10-6-5-8-15(9-7-10)12(18)14-13(2,3)11(16)17/h10H,4-9H2,1-3H3,(H,14,18)(H,16,17). The van der Waals surface area contributed by atoms with E-state index in [1.807, 2.05) is 0 Å². The van der Waals surface area contributed by atoms with Gasteiger partial charge in [0, 0.05) is 13.1 Å². The van der Waals surface area contributed by atoms with Crippen LogP contribution in [0.2, 0.25) is 0 Å². The third kappa shape index (κ3) is 3.89. The van der Waals surface area contributed by atoms with Crippen LogP contribution < -0.4 is 5.32 Å². The zero-order chi connectivity index (χ0) is 13.8. The molecule has 0 aliphatic carbocycles. The van der Waals surface area contributed by atoms with Crippen LogP contribution in [0.5, 0.6) is 0 Å². The van der Waals surface area contributed by atoms with Gasteiger partial charge in [0.2, 0.25) is 0 Å². The molecule has 0 spiro atoms. The lowest BCUT2D eigenvalue weighted by Crippen LogP contribution is -2.54. The predicted molar refractivity (Wildman–Crippen MR) is 69.5 cm³/mol. The Hall–Kier alpha value is -1.26. The number of nitrogens with one attached hydrogen (secondary N) is 1. The maximum absolute atomic E-state index is 12.0. The second-order valence-corrected chi connectivity index (χ2v) is 5.55. The lowest BCUT2D eigenvalue weighted by atomic mass is 9.98. The van der Waals surface area contributed by atoms with Crippen molar-refractivity contribution in [2.45, 2.75) is 52.0 Å². The molecule has 0 saturated carbocycles. The summed E-state index contributed by atoms with van der Waals surface area (Å²) in [5, 5.41) is 11.6. The van der Waals surface area contributed by atoms with Gasteiger partial charge in [-0.25, -0.2) is 9.59 Å². The zero-order valence-corrected chi connectivity index (χ0v) is 11.5. The number of urea groups is 1. The predicted octanol–water partition coefficient (Wildman–Crippen LogP) is 2.07. The van der Waals surface area contributed by atoms with Crippen LogP contribution in [-0.2, 0) is 4.79 Å². The average Bonchev–Trinajstić information content (AvgIpc) is 2.53. The van der Waals surface area contributed by atoms with Gasteiger partial charge in [-0.2, -0.15) is 0 Å². The topological polar surface area (TPSA) is 69.6 Å². The molecule has 1 rings (SSSR count). The van der Waals surface area contributed by atoms with E-state index in [9.17, 15) is 9.59 Å². The first kappa shape index (κ1) is 14.8. The molecule has 2 N–H and O–H groups in total. The summed E-state index contributed by atoms with van der Waals surface area (Å²) < 4.78 is 0. The van der Waals surface area contributed by atoms with Gasteiger partial charge in [-0.15, -0.1) is 0 Å². The Bertz CT molecular complexity index is 315. The fourth-order valence-electron chi connectivity index (χ4n) is 2.18. The maximum Gasteiger partial charge on any atom is 0.328 e. The quantitative estimate of drug-likeness (QED) is 0.812. The van der Waals surface area contributed by atoms with Gasteiger partial charge in [0.15, 0.2) is 0 Å². The Labute approximate surface area is 109 Å². The van der Waals surface area contributed by atoms with Gasteiger partial charge in [-0.1, -0.05) is 13.3 Å². The number of carbonyl (C=O) groups excluding carboxylic acids is 1. The minimum Gasteiger partial charge on any atom is -0.480 e. The molecule has 1 atom stereocenters. The Morgan fingerprint density at radius 3 is 2.56 bits per heavy atom. The smallest absolute Gasteiger partial charge is 0.328 e. The van der Waals surface area contributed by atoms with Crippen molar-refractivity contribution in [2.24, 2.45) is 5.92 Å². The van der Waals surface area contributed by atoms with Crippen molar-refractivity contribution in [3.05, 3.63) is 0 Å². The molecule has 5 heteroatoms. The molecule has 18 heavy (non-hydrogen) atoms. The van der Waals surface area contributed by atoms with Gasteiger partial charge < -0.3 is 15.3 Å². The van der Waals surface area contributed by atoms with Crippen molar-refractivity contribution in [3.63, 3.8) is 0 Å². The Morgan fingerprint density at radius 2 is 2.00 bits per heavy atom. The second kappa shape index (κ2) is 6.07. The van der Waals surface area contributed by atoms with Crippen LogP contribution in [0.1, 0.15) is 46.5 Å². The summed E-state index contributed by atoms with van der Waals surface area (Å²) in [6, 6.07) is -0.265. The molecule has 1 aliphatic rings. The first-order valence-corrected chi connectivity index (χ1v) is 6.67. The van der Waals surface area contributed by atoms with E-state index >= 15 is 0 Å². The molecule has 0 aromatic heterocycles. The lowest BCUT2D eigenvalue weighted by Gasteiger charge is -2.27. The number of hydrogen-bond donors (Lipinski definition) is 2. The van der Waals surface area contributed by atoms with E-state index in [1.54, 1.807) is 4.90 Å². The first-order valence-electron chi connectivity index (χ1n) is 6.67. The van der Waals surface area contributed by atoms with E-state index < -0.39 is 11.5 Å². The molecule has 0 aromatic carbocycles. The van der Waals surface area contributed by atoms with Crippen LogP contribution in [0.3, 0.4) is 0 Å². The highest BCUT2D eigenvalue weighted by molar-refractivity contribution is 5.85. The number of carbonyl (C=O) groups is 2. The molecule has 1 saturated heterocycles. The highest BCUT2D eigenvalue weighted by Gasteiger charge is 2.31. The largest absolute Gasteiger partial charge is 0.480 e. The molecule has 0 bridgehead atoms. The van der Waals surface area contributed by atoms with Gasteiger partial charge in [0.05, 0.1) is 0 Å². The fourth-order valence-corrected chi connectivity index (χ4v) is 2.18. The maximum atomic E-state index is 12.0. The monoisotopic (exact) mass is 256 g/mol. The molecular formula is C13H24N2O3. The molecule has 0 radical (unpaired) electrons. The molecule has 2 amide bonds. The minimum atomic E-state index is -1.21. The van der Waals surface area contributed by atoms with Crippen LogP contribution >= 0.6 is 0 Å². The van der Waals surface area contributed by atoms with Crippen molar-refractivity contribution in [2.75, 3.05) is 13.1 Å². The van der Waals surface area contributed by atoms with Crippen LogP contribution in [0, 0.1) is 5.92 Å². The van der Waals surface area contributed by atoms with Crippen LogP contribution in [0.25, 0.3) is 0 Å². The van der Waals surface area contributed by atoms with E-state index in [-0.39, 0.29) is 6.03 Å². The number of carboxylic acids is 1. The number of likely N-dealkylation sites (tertiary alicyclic amines) is 1. The number of amides is 2. The summed E-state index contributed by atoms with van der Waals surface area (Å²) in [5.74, 6) is -0.326. The Balaban J connectivity index is 2.54. The molecule has 1 unspecified atom stereocenters. The second-order valence-electron chi connectivity index (χ2n) is 5.55. The van der Waals surface area contributed by atoms with E-state index in [2.05, 4.69) is 12.2 Å². The van der Waals surface area contributed by atoms with Crippen LogP contribution in [0.15, 0.2) is 0 Å². The van der Waals surface area contributed by atoms with Crippen molar-refractivity contribution in [1.29, 1.82) is 0 Å². The van der Waals surface area contributed by atoms with Gasteiger partial charge in [-0.3, -0.25) is 0 Å². The Kier molecular flexibility index (Phi) is 4.99. The summed E-state index contributed by atoms with van der Waals surface area (Å²) in [5.41, 5.74) is -1.21. The first-order chi connectivity index (χ1) is 8.36. The van der Waals surface area contributed by atoms with E-state index in [4.69, 9.17) is 5.11 Å². The number of nitrogens with zero attached hydrogens (tertiary/aromatic N) is 1. The van der Waals surface area contributed by atoms with Crippen molar-refractivity contribution >= 4 is 12.0 Å². The number of aliphatic carboxylic acids is 1. The third-order valence-electron chi connectivity index (χ3n) is 3.67. The summed E-state index contributed by atoms with van der Waals surface area (Å²) in [7, 11) is 0. The number of hydrogen-bond acceptors (Lipinski definition) is 2. The molecule has 1 aliphatic heterocycles. The SMILES string of the molecule is CCC1CCCN(C(=O)NC(C)(C)C(=O)O)CC1. The van der Waals surface area contributed by atoms with Crippen molar-refractivity contribution in [1.82, 2.24) is 10.2 Å². The normalized spacial score (nSPS) is 21.3. The molecule has 1 fully saturated rings. The summed E-state index contributed by atoms with van der Waals surface area (Å²) in [6.07, 6.45) is 4.32. The number of rotatable bonds is 3. The van der Waals surface area contributed by atoms with Gasteiger partial charge in [0.25, 0.3) is 0 Å². The van der Waals surface area contributed by atoms with Crippen LogP contribution in [0.4, 0.5) is 4.79 Å². The minimum absolute atomic E-state index is 0.265. The molecule has 1 heterocycles. The van der Waals surface area contributed by atoms with Gasteiger partial charge in [0.1, 0.15) is 5.54 Å². The molecular weight excluding hydrogens is 232 g/mol. The summed E-state index contributed by atoms with van der Waals surface area (Å²) in [4.78, 5) is 24.7. The number of carboxylic acid groups (broad SMARTS) is 1. The highest BCUT2D eigenvalue weighted by Crippen LogP contribution is 2.20.